The predicted molar refractivity (Wildman–Crippen MR) is 94.5 cm³/mol. The lowest BCUT2D eigenvalue weighted by atomic mass is 9.93. The van der Waals surface area contributed by atoms with E-state index in [-0.39, 0.29) is 11.8 Å². The summed E-state index contributed by atoms with van der Waals surface area (Å²) in [5, 5.41) is 6.22. The van der Waals surface area contributed by atoms with Crippen LogP contribution in [-0.2, 0) is 4.79 Å². The number of amides is 2. The highest BCUT2D eigenvalue weighted by Gasteiger charge is 2.16. The lowest BCUT2D eigenvalue weighted by Gasteiger charge is -2.22. The molecule has 0 spiro atoms. The van der Waals surface area contributed by atoms with Gasteiger partial charge in [-0.3, -0.25) is 9.59 Å². The molecule has 1 aliphatic heterocycles. The van der Waals surface area contributed by atoms with Crippen molar-refractivity contribution < 1.29 is 14.3 Å². The molecule has 0 radical (unpaired) electrons. The van der Waals surface area contributed by atoms with Crippen molar-refractivity contribution in [2.75, 3.05) is 39.6 Å². The van der Waals surface area contributed by atoms with Crippen molar-refractivity contribution >= 4 is 17.5 Å². The average molecular weight is 333 g/mol. The second-order valence-corrected chi connectivity index (χ2v) is 6.39. The maximum atomic E-state index is 12.3. The zero-order chi connectivity index (χ0) is 17.5. The Morgan fingerprint density at radius 3 is 2.62 bits per heavy atom. The summed E-state index contributed by atoms with van der Waals surface area (Å²) in [5.74, 6) is 1.02. The molecule has 0 aromatic heterocycles. The summed E-state index contributed by atoms with van der Waals surface area (Å²) >= 11 is 0. The molecule has 1 aromatic rings. The molecular formula is C18H27N3O3. The fourth-order valence-corrected chi connectivity index (χ4v) is 2.92. The number of carbonyl (C=O) groups is 2. The second-order valence-electron chi connectivity index (χ2n) is 6.39. The van der Waals surface area contributed by atoms with Gasteiger partial charge in [-0.25, -0.2) is 0 Å². The Morgan fingerprint density at radius 1 is 1.29 bits per heavy atom. The molecule has 0 saturated carbocycles. The molecule has 6 heteroatoms. The molecule has 1 aromatic carbocycles. The first-order valence-corrected chi connectivity index (χ1v) is 8.41. The van der Waals surface area contributed by atoms with Crippen molar-refractivity contribution in [3.05, 3.63) is 23.8 Å². The molecule has 2 N–H and O–H groups in total. The van der Waals surface area contributed by atoms with Gasteiger partial charge in [-0.1, -0.05) is 0 Å². The van der Waals surface area contributed by atoms with Gasteiger partial charge in [-0.2, -0.15) is 0 Å². The van der Waals surface area contributed by atoms with Crippen molar-refractivity contribution in [3.63, 3.8) is 0 Å². The highest BCUT2D eigenvalue weighted by Crippen LogP contribution is 2.27. The van der Waals surface area contributed by atoms with Crippen LogP contribution >= 0.6 is 0 Å². The zero-order valence-corrected chi connectivity index (χ0v) is 14.7. The van der Waals surface area contributed by atoms with Crippen molar-refractivity contribution in [2.45, 2.75) is 25.7 Å². The average Bonchev–Trinajstić information content (AvgIpc) is 2.60. The normalized spacial score (nSPS) is 15.0. The number of rotatable bonds is 6. The summed E-state index contributed by atoms with van der Waals surface area (Å²) in [5.41, 5.74) is 1.06. The molecule has 1 saturated heterocycles. The van der Waals surface area contributed by atoms with Crippen LogP contribution in [0.2, 0.25) is 0 Å². The fourth-order valence-electron chi connectivity index (χ4n) is 2.92. The van der Waals surface area contributed by atoms with E-state index in [9.17, 15) is 9.59 Å². The molecule has 6 nitrogen and oxygen atoms in total. The monoisotopic (exact) mass is 333 g/mol. The van der Waals surface area contributed by atoms with Crippen LogP contribution in [0.15, 0.2) is 18.2 Å². The number of hydrogen-bond acceptors (Lipinski definition) is 4. The summed E-state index contributed by atoms with van der Waals surface area (Å²) < 4.78 is 5.29. The predicted octanol–water partition coefficient (Wildman–Crippen LogP) is 2.12. The number of nitrogens with one attached hydrogen (secondary N) is 2. The smallest absolute Gasteiger partial charge is 0.253 e. The first kappa shape index (κ1) is 18.3. The van der Waals surface area contributed by atoms with Gasteiger partial charge in [0.05, 0.1) is 12.8 Å². The largest absolute Gasteiger partial charge is 0.495 e. The Morgan fingerprint density at radius 2 is 2.00 bits per heavy atom. The highest BCUT2D eigenvalue weighted by atomic mass is 16.5. The zero-order valence-electron chi connectivity index (χ0n) is 14.7. The van der Waals surface area contributed by atoms with Crippen molar-refractivity contribution in [1.29, 1.82) is 0 Å². The van der Waals surface area contributed by atoms with Gasteiger partial charge < -0.3 is 20.3 Å². The van der Waals surface area contributed by atoms with E-state index >= 15 is 0 Å². The van der Waals surface area contributed by atoms with E-state index in [2.05, 4.69) is 10.6 Å². The maximum Gasteiger partial charge on any atom is 0.253 e. The minimum absolute atomic E-state index is 0.0405. The summed E-state index contributed by atoms with van der Waals surface area (Å²) in [6.45, 7) is 2.07. The van der Waals surface area contributed by atoms with Crippen molar-refractivity contribution in [3.8, 4) is 5.75 Å². The number of hydrogen-bond donors (Lipinski definition) is 2. The molecule has 1 fully saturated rings. The summed E-state index contributed by atoms with van der Waals surface area (Å²) in [4.78, 5) is 25.8. The third-order valence-corrected chi connectivity index (χ3v) is 4.37. The number of nitrogens with zero attached hydrogens (tertiary/aromatic N) is 1. The van der Waals surface area contributed by atoms with E-state index in [1.54, 1.807) is 39.4 Å². The van der Waals surface area contributed by atoms with Crippen LogP contribution in [0.1, 0.15) is 36.0 Å². The third-order valence-electron chi connectivity index (χ3n) is 4.37. The quantitative estimate of drug-likeness (QED) is 0.836. The molecule has 0 bridgehead atoms. The molecule has 0 unspecified atom stereocenters. The second kappa shape index (κ2) is 8.68. The molecule has 0 aliphatic carbocycles. The SMILES string of the molecule is COc1ccc(C(=O)N(C)C)cc1NC(=O)CCC1CCNCC1. The molecular weight excluding hydrogens is 306 g/mol. The van der Waals surface area contributed by atoms with Crippen LogP contribution in [0.3, 0.4) is 0 Å². The molecule has 24 heavy (non-hydrogen) atoms. The van der Waals surface area contributed by atoms with E-state index in [1.807, 2.05) is 0 Å². The summed E-state index contributed by atoms with van der Waals surface area (Å²) in [6.07, 6.45) is 3.64. The fraction of sp³-hybridized carbons (Fsp3) is 0.556. The first-order valence-electron chi connectivity index (χ1n) is 8.41. The highest BCUT2D eigenvalue weighted by molar-refractivity contribution is 5.98. The number of piperidine rings is 1. The van der Waals surface area contributed by atoms with E-state index in [0.29, 0.717) is 29.3 Å². The Balaban J connectivity index is 1.99. The number of anilines is 1. The van der Waals surface area contributed by atoms with E-state index in [1.165, 1.54) is 4.90 Å². The van der Waals surface area contributed by atoms with Crippen LogP contribution in [0.25, 0.3) is 0 Å². The van der Waals surface area contributed by atoms with Crippen LogP contribution in [0, 0.1) is 5.92 Å². The van der Waals surface area contributed by atoms with Gasteiger partial charge in [0, 0.05) is 26.1 Å². The number of carbonyl (C=O) groups excluding carboxylic acids is 2. The lowest BCUT2D eigenvalue weighted by molar-refractivity contribution is -0.116. The summed E-state index contributed by atoms with van der Waals surface area (Å²) in [6, 6.07) is 5.08. The minimum Gasteiger partial charge on any atom is -0.495 e. The Labute approximate surface area is 143 Å². The molecule has 2 amide bonds. The standard InChI is InChI=1S/C18H27N3O3/c1-21(2)18(23)14-5-6-16(24-3)15(12-14)20-17(22)7-4-13-8-10-19-11-9-13/h5-6,12-13,19H,4,7-11H2,1-3H3,(H,20,22). The molecule has 0 atom stereocenters. The Hall–Kier alpha value is -2.08. The van der Waals surface area contributed by atoms with Gasteiger partial charge in [0.1, 0.15) is 5.75 Å². The van der Waals surface area contributed by atoms with Gasteiger partial charge in [0.2, 0.25) is 5.91 Å². The molecule has 2 rings (SSSR count). The van der Waals surface area contributed by atoms with E-state index < -0.39 is 0 Å². The van der Waals surface area contributed by atoms with Gasteiger partial charge in [-0.05, 0) is 56.5 Å². The van der Waals surface area contributed by atoms with Gasteiger partial charge in [0.25, 0.3) is 5.91 Å². The Bertz CT molecular complexity index is 581. The molecule has 1 heterocycles. The third kappa shape index (κ3) is 4.96. The number of benzene rings is 1. The van der Waals surface area contributed by atoms with Crippen molar-refractivity contribution in [2.24, 2.45) is 5.92 Å². The topological polar surface area (TPSA) is 70.7 Å². The van der Waals surface area contributed by atoms with Crippen LogP contribution in [0.4, 0.5) is 5.69 Å². The maximum absolute atomic E-state index is 12.3. The minimum atomic E-state index is -0.108. The molecule has 132 valence electrons. The van der Waals surface area contributed by atoms with Gasteiger partial charge in [0.15, 0.2) is 0 Å². The van der Waals surface area contributed by atoms with Crippen LogP contribution in [0.5, 0.6) is 5.75 Å². The number of methoxy groups -OCH3 is 1. The van der Waals surface area contributed by atoms with Gasteiger partial charge in [-0.15, -0.1) is 0 Å². The Kier molecular flexibility index (Phi) is 6.61. The van der Waals surface area contributed by atoms with Gasteiger partial charge >= 0.3 is 0 Å². The van der Waals surface area contributed by atoms with Crippen LogP contribution in [-0.4, -0.2) is 51.0 Å². The van der Waals surface area contributed by atoms with E-state index in [4.69, 9.17) is 4.74 Å². The lowest BCUT2D eigenvalue weighted by Crippen LogP contribution is -2.28. The molecule has 1 aliphatic rings. The first-order chi connectivity index (χ1) is 11.5. The summed E-state index contributed by atoms with van der Waals surface area (Å²) in [7, 11) is 4.95. The van der Waals surface area contributed by atoms with Crippen molar-refractivity contribution in [1.82, 2.24) is 10.2 Å². The number of ether oxygens (including phenoxy) is 1. The van der Waals surface area contributed by atoms with E-state index in [0.717, 1.165) is 32.4 Å². The van der Waals surface area contributed by atoms with Crippen LogP contribution < -0.4 is 15.4 Å².